The molecule has 3 aromatic rings. The normalized spacial score (nSPS) is 28.7. The number of nitrogens with zero attached hydrogens (tertiary/aromatic N) is 1. The van der Waals surface area contributed by atoms with Crippen LogP contribution in [0.4, 0.5) is 0 Å². The molecule has 0 radical (unpaired) electrons. The molecule has 0 saturated heterocycles. The van der Waals surface area contributed by atoms with E-state index in [2.05, 4.69) is 11.1 Å². The van der Waals surface area contributed by atoms with Crippen LogP contribution < -0.4 is 4.74 Å². The topological polar surface area (TPSA) is 77.8 Å². The number of benzene rings is 2. The van der Waals surface area contributed by atoms with E-state index < -0.39 is 0 Å². The second-order valence-electron chi connectivity index (χ2n) is 10.2. The molecule has 4 saturated carbocycles. The van der Waals surface area contributed by atoms with Crippen molar-refractivity contribution in [2.75, 3.05) is 6.61 Å². The van der Waals surface area contributed by atoms with E-state index in [0.717, 1.165) is 45.7 Å². The predicted molar refractivity (Wildman–Crippen MR) is 127 cm³/mol. The van der Waals surface area contributed by atoms with Crippen molar-refractivity contribution in [1.82, 2.24) is 4.98 Å². The molecule has 3 N–H and O–H groups in total. The zero-order chi connectivity index (χ0) is 21.9. The number of aliphatic imine (C=N–C) groups is 1. The number of phenolic OH excluding ortho intramolecular Hbond substituents is 2. The molecule has 2 aromatic carbocycles. The maximum Gasteiger partial charge on any atom is 0.128 e. The maximum absolute atomic E-state index is 10.6. The highest BCUT2D eigenvalue weighted by atomic mass is 16.5. The third kappa shape index (κ3) is 3.26. The summed E-state index contributed by atoms with van der Waals surface area (Å²) in [5.41, 5.74) is 3.49. The molecule has 1 aromatic heterocycles. The van der Waals surface area contributed by atoms with Crippen LogP contribution in [0.25, 0.3) is 22.2 Å². The molecule has 32 heavy (non-hydrogen) atoms. The minimum Gasteiger partial charge on any atom is -0.508 e. The first-order valence-electron chi connectivity index (χ1n) is 11.9. The predicted octanol–water partition coefficient (Wildman–Crippen LogP) is 6.03. The monoisotopic (exact) mass is 430 g/mol. The average Bonchev–Trinajstić information content (AvgIpc) is 3.09. The van der Waals surface area contributed by atoms with E-state index >= 15 is 0 Å². The zero-order valence-electron chi connectivity index (χ0n) is 18.5. The summed E-state index contributed by atoms with van der Waals surface area (Å²) < 4.78 is 5.76. The van der Waals surface area contributed by atoms with Crippen LogP contribution in [0.5, 0.6) is 17.2 Å². The quantitative estimate of drug-likeness (QED) is 0.432. The largest absolute Gasteiger partial charge is 0.508 e. The Morgan fingerprint density at radius 1 is 1.03 bits per heavy atom. The Hall–Kier alpha value is -2.95. The molecule has 0 atom stereocenters. The molecule has 1 heterocycles. The second-order valence-corrected chi connectivity index (χ2v) is 10.2. The molecule has 5 nitrogen and oxygen atoms in total. The van der Waals surface area contributed by atoms with Crippen molar-refractivity contribution >= 4 is 17.1 Å². The summed E-state index contributed by atoms with van der Waals surface area (Å²) in [6, 6.07) is 10.8. The Morgan fingerprint density at radius 3 is 2.41 bits per heavy atom. The number of H-pyrrole nitrogens is 1. The first-order chi connectivity index (χ1) is 15.5. The van der Waals surface area contributed by atoms with Gasteiger partial charge in [-0.15, -0.1) is 0 Å². The van der Waals surface area contributed by atoms with Gasteiger partial charge in [-0.1, -0.05) is 0 Å². The van der Waals surface area contributed by atoms with Gasteiger partial charge in [-0.05, 0) is 93.5 Å². The standard InChI is InChI=1S/C27H30N2O3/c1-2-32-20-4-6-24-22(11-20)23(26(29-24)21-5-3-19(30)10-25(21)31)15-28-27-12-16-7-17(13-27)9-18(8-16)14-27/h3-6,10-11,15-18,29-31H,2,7-9,12-14H2,1H3. The number of aromatic nitrogens is 1. The number of ether oxygens (including phenoxy) is 1. The smallest absolute Gasteiger partial charge is 0.128 e. The fourth-order valence-electron chi connectivity index (χ4n) is 6.95. The Bertz CT molecular complexity index is 1170. The van der Waals surface area contributed by atoms with Gasteiger partial charge in [-0.3, -0.25) is 4.99 Å². The van der Waals surface area contributed by atoms with E-state index in [9.17, 15) is 10.2 Å². The number of fused-ring (bicyclic) bond motifs is 1. The highest BCUT2D eigenvalue weighted by molar-refractivity contribution is 6.07. The van der Waals surface area contributed by atoms with Crippen LogP contribution >= 0.6 is 0 Å². The van der Waals surface area contributed by atoms with E-state index in [4.69, 9.17) is 9.73 Å². The number of phenols is 2. The summed E-state index contributed by atoms with van der Waals surface area (Å²) in [5.74, 6) is 3.44. The number of aromatic hydroxyl groups is 2. The number of rotatable bonds is 5. The fraction of sp³-hybridized carbons (Fsp3) is 0.444. The van der Waals surface area contributed by atoms with Gasteiger partial charge in [0.05, 0.1) is 17.8 Å². The van der Waals surface area contributed by atoms with Gasteiger partial charge in [-0.25, -0.2) is 0 Å². The lowest BCUT2D eigenvalue weighted by molar-refractivity contribution is 0.00195. The molecule has 5 heteroatoms. The van der Waals surface area contributed by atoms with Crippen LogP contribution in [-0.4, -0.2) is 33.6 Å². The highest BCUT2D eigenvalue weighted by Gasteiger charge is 2.50. The van der Waals surface area contributed by atoms with E-state index in [1.807, 2.05) is 25.3 Å². The van der Waals surface area contributed by atoms with Crippen LogP contribution in [-0.2, 0) is 0 Å². The lowest BCUT2D eigenvalue weighted by Crippen LogP contribution is -2.49. The Kier molecular flexibility index (Phi) is 4.49. The van der Waals surface area contributed by atoms with Gasteiger partial charge in [-0.2, -0.15) is 0 Å². The summed E-state index contributed by atoms with van der Waals surface area (Å²) >= 11 is 0. The molecule has 4 fully saturated rings. The van der Waals surface area contributed by atoms with Crippen molar-refractivity contribution in [3.63, 3.8) is 0 Å². The Labute approximate surface area is 188 Å². The van der Waals surface area contributed by atoms with Crippen LogP contribution in [0.1, 0.15) is 51.0 Å². The molecule has 4 aliphatic rings. The van der Waals surface area contributed by atoms with Crippen molar-refractivity contribution in [3.8, 4) is 28.5 Å². The second kappa shape index (κ2) is 7.29. The van der Waals surface area contributed by atoms with E-state index in [1.165, 1.54) is 44.6 Å². The third-order valence-electron chi connectivity index (χ3n) is 7.85. The first kappa shape index (κ1) is 19.7. The number of hydrogen-bond acceptors (Lipinski definition) is 4. The molecule has 7 rings (SSSR count). The zero-order valence-corrected chi connectivity index (χ0v) is 18.5. The molecule has 0 spiro atoms. The van der Waals surface area contributed by atoms with Gasteiger partial charge in [0.25, 0.3) is 0 Å². The molecule has 0 unspecified atom stereocenters. The highest BCUT2D eigenvalue weighted by Crippen LogP contribution is 2.57. The Morgan fingerprint density at radius 2 is 1.75 bits per heavy atom. The number of aromatic amines is 1. The van der Waals surface area contributed by atoms with Crippen LogP contribution in [0.3, 0.4) is 0 Å². The van der Waals surface area contributed by atoms with Gasteiger partial charge in [0.1, 0.15) is 17.2 Å². The lowest BCUT2D eigenvalue weighted by Gasteiger charge is -2.55. The van der Waals surface area contributed by atoms with Crippen molar-refractivity contribution < 1.29 is 14.9 Å². The molecule has 0 amide bonds. The van der Waals surface area contributed by atoms with E-state index in [1.54, 1.807) is 12.1 Å². The van der Waals surface area contributed by atoms with E-state index in [-0.39, 0.29) is 17.0 Å². The van der Waals surface area contributed by atoms with Crippen molar-refractivity contribution in [1.29, 1.82) is 0 Å². The SMILES string of the molecule is CCOc1ccc2[nH]c(-c3ccc(O)cc3O)c(C=NC34CC5CC(CC(C5)C3)C4)c2c1. The molecule has 0 aliphatic heterocycles. The average molecular weight is 431 g/mol. The Balaban J connectivity index is 1.47. The number of hydrogen-bond donors (Lipinski definition) is 3. The third-order valence-corrected chi connectivity index (χ3v) is 7.85. The summed E-state index contributed by atoms with van der Waals surface area (Å²) in [6.07, 6.45) is 9.86. The van der Waals surface area contributed by atoms with Crippen molar-refractivity contribution in [2.24, 2.45) is 22.7 Å². The van der Waals surface area contributed by atoms with Crippen molar-refractivity contribution in [3.05, 3.63) is 42.0 Å². The molecule has 166 valence electrons. The minimum absolute atomic E-state index is 0.0461. The maximum atomic E-state index is 10.6. The first-order valence-corrected chi connectivity index (χ1v) is 11.9. The van der Waals surface area contributed by atoms with Crippen molar-refractivity contribution in [2.45, 2.75) is 51.0 Å². The summed E-state index contributed by atoms with van der Waals surface area (Å²) in [6.45, 7) is 2.59. The minimum atomic E-state index is 0.0461. The summed E-state index contributed by atoms with van der Waals surface area (Å²) in [7, 11) is 0. The van der Waals surface area contributed by atoms with Gasteiger partial charge >= 0.3 is 0 Å². The van der Waals surface area contributed by atoms with E-state index in [0.29, 0.717) is 12.2 Å². The van der Waals surface area contributed by atoms with Crippen LogP contribution in [0, 0.1) is 17.8 Å². The van der Waals surface area contributed by atoms with Crippen LogP contribution in [0.2, 0.25) is 0 Å². The lowest BCUT2D eigenvalue weighted by atomic mass is 9.53. The van der Waals surface area contributed by atoms with Gasteiger partial charge in [0.2, 0.25) is 0 Å². The van der Waals surface area contributed by atoms with Gasteiger partial charge in [0, 0.05) is 34.3 Å². The molecular weight excluding hydrogens is 400 g/mol. The summed E-state index contributed by atoms with van der Waals surface area (Å²) in [5, 5.41) is 21.4. The molecule has 4 bridgehead atoms. The molecular formula is C27H30N2O3. The fourth-order valence-corrected chi connectivity index (χ4v) is 6.95. The summed E-state index contributed by atoms with van der Waals surface area (Å²) in [4.78, 5) is 8.78. The van der Waals surface area contributed by atoms with Gasteiger partial charge < -0.3 is 19.9 Å². The molecule has 4 aliphatic carbocycles. The number of nitrogens with one attached hydrogen (secondary N) is 1. The van der Waals surface area contributed by atoms with Gasteiger partial charge in [0.15, 0.2) is 0 Å². The van der Waals surface area contributed by atoms with Crippen LogP contribution in [0.15, 0.2) is 41.4 Å².